The highest BCUT2D eigenvalue weighted by Gasteiger charge is 2.21. The largest absolute Gasteiger partial charge is 0.390 e. The lowest BCUT2D eigenvalue weighted by Crippen LogP contribution is -2.06. The summed E-state index contributed by atoms with van der Waals surface area (Å²) < 4.78 is 3.98. The maximum Gasteiger partial charge on any atom is 0.188 e. The predicted octanol–water partition coefficient (Wildman–Crippen LogP) is 4.42. The van der Waals surface area contributed by atoms with Crippen LogP contribution in [0.3, 0.4) is 0 Å². The van der Waals surface area contributed by atoms with Gasteiger partial charge in [0.2, 0.25) is 0 Å². The van der Waals surface area contributed by atoms with Crippen molar-refractivity contribution in [2.75, 3.05) is 5.32 Å². The van der Waals surface area contributed by atoms with Crippen molar-refractivity contribution >= 4 is 22.3 Å². The van der Waals surface area contributed by atoms with Crippen LogP contribution < -0.4 is 5.32 Å². The summed E-state index contributed by atoms with van der Waals surface area (Å²) in [6, 6.07) is 3.89. The van der Waals surface area contributed by atoms with Gasteiger partial charge in [0.05, 0.1) is 41.4 Å². The monoisotopic (exact) mass is 449 g/mol. The fourth-order valence-corrected chi connectivity index (χ4v) is 4.91. The highest BCUT2D eigenvalue weighted by atomic mass is 32.1. The number of nitrogens with one attached hydrogen (secondary N) is 1. The van der Waals surface area contributed by atoms with Crippen molar-refractivity contribution < 1.29 is 5.11 Å². The fraction of sp³-hybridized carbons (Fsp3) is 0.391. The molecule has 0 amide bonds. The Morgan fingerprint density at radius 1 is 1.16 bits per heavy atom. The van der Waals surface area contributed by atoms with E-state index in [2.05, 4.69) is 26.9 Å². The average molecular weight is 450 g/mol. The Balaban J connectivity index is 1.43. The van der Waals surface area contributed by atoms with Gasteiger partial charge in [-0.2, -0.15) is 5.10 Å². The van der Waals surface area contributed by atoms with E-state index in [1.54, 1.807) is 17.7 Å². The first-order valence-corrected chi connectivity index (χ1v) is 12.0. The number of hydrogen-bond acceptors (Lipinski definition) is 7. The van der Waals surface area contributed by atoms with Gasteiger partial charge in [-0.05, 0) is 51.2 Å². The molecule has 2 N–H and O–H groups in total. The standard InChI is InChI=1S/C23H27N7OS/c1-3-10-30-22(16-6-4-5-7-17(16)28-30)27-23-26-20(13-32-23)18-8-9-21(19(12-31)25-18)29-11-15(2)24-14-29/h8-9,11,13-14,31H,3-7,10,12H2,1-2H3,(H,26,27). The van der Waals surface area contributed by atoms with Crippen LogP contribution in [0, 0.1) is 6.92 Å². The smallest absolute Gasteiger partial charge is 0.188 e. The minimum atomic E-state index is -0.155. The van der Waals surface area contributed by atoms with E-state index in [0.717, 1.165) is 59.5 Å². The average Bonchev–Trinajstić information content (AvgIpc) is 3.53. The van der Waals surface area contributed by atoms with Crippen LogP contribution in [0.15, 0.2) is 30.0 Å². The van der Waals surface area contributed by atoms with Gasteiger partial charge in [-0.15, -0.1) is 11.3 Å². The number of anilines is 2. The van der Waals surface area contributed by atoms with Crippen LogP contribution in [0.2, 0.25) is 0 Å². The van der Waals surface area contributed by atoms with Crippen molar-refractivity contribution in [1.82, 2.24) is 29.3 Å². The maximum absolute atomic E-state index is 9.89. The van der Waals surface area contributed by atoms with Crippen LogP contribution in [-0.4, -0.2) is 34.4 Å². The molecule has 166 valence electrons. The van der Waals surface area contributed by atoms with Crippen molar-refractivity contribution in [3.63, 3.8) is 0 Å². The molecule has 0 atom stereocenters. The first-order chi connectivity index (χ1) is 15.7. The van der Waals surface area contributed by atoms with E-state index in [0.29, 0.717) is 5.69 Å². The zero-order chi connectivity index (χ0) is 22.1. The number of aromatic nitrogens is 6. The van der Waals surface area contributed by atoms with Gasteiger partial charge in [-0.25, -0.2) is 19.6 Å². The lowest BCUT2D eigenvalue weighted by Gasteiger charge is -2.12. The second-order valence-electron chi connectivity index (χ2n) is 8.11. The van der Waals surface area contributed by atoms with E-state index in [9.17, 15) is 5.11 Å². The molecule has 0 aliphatic heterocycles. The minimum Gasteiger partial charge on any atom is -0.390 e. The van der Waals surface area contributed by atoms with Gasteiger partial charge in [0, 0.05) is 23.7 Å². The fourth-order valence-electron chi connectivity index (χ4n) is 4.21. The van der Waals surface area contributed by atoms with Crippen molar-refractivity contribution in [2.45, 2.75) is 59.1 Å². The number of thiazole rings is 1. The first-order valence-electron chi connectivity index (χ1n) is 11.1. The minimum absolute atomic E-state index is 0.155. The van der Waals surface area contributed by atoms with Crippen LogP contribution in [0.5, 0.6) is 0 Å². The van der Waals surface area contributed by atoms with Gasteiger partial charge in [0.15, 0.2) is 5.13 Å². The summed E-state index contributed by atoms with van der Waals surface area (Å²) in [5, 5.41) is 21.1. The summed E-state index contributed by atoms with van der Waals surface area (Å²) in [7, 11) is 0. The summed E-state index contributed by atoms with van der Waals surface area (Å²) in [4.78, 5) is 13.7. The number of aryl methyl sites for hydroxylation is 3. The normalized spacial score (nSPS) is 13.3. The van der Waals surface area contributed by atoms with Crippen LogP contribution >= 0.6 is 11.3 Å². The van der Waals surface area contributed by atoms with Gasteiger partial charge >= 0.3 is 0 Å². The van der Waals surface area contributed by atoms with Gasteiger partial charge in [0.1, 0.15) is 11.5 Å². The number of rotatable bonds is 7. The number of aliphatic hydroxyl groups is 1. The molecule has 5 rings (SSSR count). The third kappa shape index (κ3) is 3.93. The number of aliphatic hydroxyl groups excluding tert-OH is 1. The lowest BCUT2D eigenvalue weighted by atomic mass is 9.97. The Labute approximate surface area is 191 Å². The summed E-state index contributed by atoms with van der Waals surface area (Å²) in [6.07, 6.45) is 9.23. The third-order valence-corrected chi connectivity index (χ3v) is 6.50. The van der Waals surface area contributed by atoms with E-state index in [1.807, 2.05) is 35.2 Å². The molecule has 0 saturated carbocycles. The molecule has 9 heteroatoms. The van der Waals surface area contributed by atoms with Crippen LogP contribution in [0.1, 0.15) is 48.8 Å². The highest BCUT2D eigenvalue weighted by molar-refractivity contribution is 7.14. The number of nitrogens with zero attached hydrogens (tertiary/aromatic N) is 6. The molecule has 0 unspecified atom stereocenters. The Morgan fingerprint density at radius 2 is 2.03 bits per heavy atom. The molecular weight excluding hydrogens is 422 g/mol. The van der Waals surface area contributed by atoms with Crippen molar-refractivity contribution in [3.05, 3.63) is 52.7 Å². The van der Waals surface area contributed by atoms with Gasteiger partial charge in [0.25, 0.3) is 0 Å². The molecule has 1 aliphatic carbocycles. The topological polar surface area (TPSA) is 93.7 Å². The molecule has 1 aliphatic rings. The Bertz CT molecular complexity index is 1240. The van der Waals surface area contributed by atoms with Crippen LogP contribution in [0.25, 0.3) is 17.1 Å². The molecule has 4 aromatic rings. The number of pyridine rings is 1. The molecule has 0 aromatic carbocycles. The second-order valence-corrected chi connectivity index (χ2v) is 8.97. The first kappa shape index (κ1) is 20.8. The maximum atomic E-state index is 9.89. The summed E-state index contributed by atoms with van der Waals surface area (Å²) >= 11 is 1.56. The predicted molar refractivity (Wildman–Crippen MR) is 126 cm³/mol. The van der Waals surface area contributed by atoms with E-state index in [-0.39, 0.29) is 6.61 Å². The third-order valence-electron chi connectivity index (χ3n) is 5.74. The van der Waals surface area contributed by atoms with Crippen LogP contribution in [0.4, 0.5) is 10.9 Å². The molecule has 4 aromatic heterocycles. The Hall–Kier alpha value is -3.04. The van der Waals surface area contributed by atoms with Crippen LogP contribution in [-0.2, 0) is 26.0 Å². The van der Waals surface area contributed by atoms with E-state index in [1.165, 1.54) is 24.1 Å². The highest BCUT2D eigenvalue weighted by Crippen LogP contribution is 2.33. The van der Waals surface area contributed by atoms with E-state index < -0.39 is 0 Å². The van der Waals surface area contributed by atoms with Crippen molar-refractivity contribution in [1.29, 1.82) is 0 Å². The zero-order valence-corrected chi connectivity index (χ0v) is 19.2. The molecule has 0 saturated heterocycles. The molecule has 32 heavy (non-hydrogen) atoms. The molecule has 4 heterocycles. The molecular formula is C23H27N7OS. The van der Waals surface area contributed by atoms with E-state index >= 15 is 0 Å². The second kappa shape index (κ2) is 8.84. The lowest BCUT2D eigenvalue weighted by molar-refractivity contribution is 0.276. The molecule has 0 bridgehead atoms. The number of fused-ring (bicyclic) bond motifs is 1. The number of imidazole rings is 1. The SMILES string of the molecule is CCCn1nc2c(c1Nc1nc(-c3ccc(-n4cnc(C)c4)c(CO)n3)cs1)CCCC2. The van der Waals surface area contributed by atoms with Crippen molar-refractivity contribution in [2.24, 2.45) is 0 Å². The Morgan fingerprint density at radius 3 is 2.81 bits per heavy atom. The summed E-state index contributed by atoms with van der Waals surface area (Å²) in [5.41, 5.74) is 6.42. The van der Waals surface area contributed by atoms with Crippen molar-refractivity contribution in [3.8, 4) is 17.1 Å². The quantitative estimate of drug-likeness (QED) is 0.434. The Kier molecular flexibility index (Phi) is 5.75. The molecule has 0 fully saturated rings. The molecule has 8 nitrogen and oxygen atoms in total. The zero-order valence-electron chi connectivity index (χ0n) is 18.4. The van der Waals surface area contributed by atoms with Gasteiger partial charge < -0.3 is 15.0 Å². The number of hydrogen-bond donors (Lipinski definition) is 2. The molecule has 0 radical (unpaired) electrons. The van der Waals surface area contributed by atoms with Gasteiger partial charge in [-0.1, -0.05) is 6.92 Å². The molecule has 0 spiro atoms. The van der Waals surface area contributed by atoms with E-state index in [4.69, 9.17) is 10.1 Å². The summed E-state index contributed by atoms with van der Waals surface area (Å²) in [5.74, 6) is 1.08. The summed E-state index contributed by atoms with van der Waals surface area (Å²) in [6.45, 7) is 4.84. The van der Waals surface area contributed by atoms with Gasteiger partial charge in [-0.3, -0.25) is 0 Å².